The smallest absolute Gasteiger partial charge is 0.237 e. The molecule has 1 aromatic heterocycles. The number of thioether (sulfide) groups is 1. The Bertz CT molecular complexity index is 927. The summed E-state index contributed by atoms with van der Waals surface area (Å²) in [7, 11) is 1.58. The van der Waals surface area contributed by atoms with Crippen molar-refractivity contribution in [1.82, 2.24) is 14.8 Å². The fourth-order valence-electron chi connectivity index (χ4n) is 2.83. The van der Waals surface area contributed by atoms with Crippen LogP contribution >= 0.6 is 11.8 Å². The molecule has 1 atom stereocenters. The first kappa shape index (κ1) is 19.9. The lowest BCUT2D eigenvalue weighted by Crippen LogP contribution is -2.23. The number of carbonyl (C=O) groups is 1. The molecule has 0 bridgehead atoms. The maximum Gasteiger partial charge on any atom is 0.237 e. The van der Waals surface area contributed by atoms with Gasteiger partial charge in [-0.15, -0.1) is 10.2 Å². The highest BCUT2D eigenvalue weighted by Crippen LogP contribution is 2.27. The molecule has 3 rings (SSSR count). The number of ether oxygens (including phenoxy) is 1. The number of aromatic nitrogens is 3. The van der Waals surface area contributed by atoms with E-state index in [1.807, 2.05) is 49.4 Å². The number of amides is 1. The van der Waals surface area contributed by atoms with E-state index in [1.165, 1.54) is 17.3 Å². The lowest BCUT2D eigenvalue weighted by Gasteiger charge is -2.14. The van der Waals surface area contributed by atoms with Gasteiger partial charge in [-0.25, -0.2) is 0 Å². The summed E-state index contributed by atoms with van der Waals surface area (Å²) in [6, 6.07) is 17.5. The van der Waals surface area contributed by atoms with Gasteiger partial charge in [0.05, 0.1) is 18.0 Å². The van der Waals surface area contributed by atoms with E-state index in [2.05, 4.69) is 39.1 Å². The van der Waals surface area contributed by atoms with Crippen molar-refractivity contribution in [3.63, 3.8) is 0 Å². The maximum absolute atomic E-state index is 12.6. The summed E-state index contributed by atoms with van der Waals surface area (Å²) in [4.78, 5) is 12.6. The van der Waals surface area contributed by atoms with Crippen molar-refractivity contribution >= 4 is 23.4 Å². The average Bonchev–Trinajstić information content (AvgIpc) is 3.10. The van der Waals surface area contributed by atoms with Crippen LogP contribution in [-0.2, 0) is 17.8 Å². The van der Waals surface area contributed by atoms with E-state index < -0.39 is 0 Å². The van der Waals surface area contributed by atoms with Gasteiger partial charge in [-0.1, -0.05) is 54.2 Å². The monoisotopic (exact) mass is 396 g/mol. The first-order valence-corrected chi connectivity index (χ1v) is 10.1. The largest absolute Gasteiger partial charge is 0.495 e. The van der Waals surface area contributed by atoms with Gasteiger partial charge in [0.1, 0.15) is 11.6 Å². The second kappa shape index (κ2) is 9.41. The summed E-state index contributed by atoms with van der Waals surface area (Å²) in [5, 5.41) is 12.0. The van der Waals surface area contributed by atoms with Gasteiger partial charge in [-0.3, -0.25) is 4.79 Å². The molecule has 0 saturated carbocycles. The highest BCUT2D eigenvalue weighted by molar-refractivity contribution is 8.00. The molecular weight excluding hydrogens is 372 g/mol. The Balaban J connectivity index is 1.69. The fraction of sp³-hybridized carbons (Fsp3) is 0.286. The molecule has 0 unspecified atom stereocenters. The maximum atomic E-state index is 12.6. The van der Waals surface area contributed by atoms with E-state index in [1.54, 1.807) is 7.11 Å². The van der Waals surface area contributed by atoms with Crippen LogP contribution in [0.2, 0.25) is 0 Å². The van der Waals surface area contributed by atoms with E-state index in [0.717, 1.165) is 17.5 Å². The summed E-state index contributed by atoms with van der Waals surface area (Å²) < 4.78 is 7.35. The van der Waals surface area contributed by atoms with Gasteiger partial charge in [-0.05, 0) is 31.5 Å². The number of hydrogen-bond acceptors (Lipinski definition) is 5. The molecule has 3 aromatic rings. The van der Waals surface area contributed by atoms with Crippen molar-refractivity contribution in [2.75, 3.05) is 12.4 Å². The lowest BCUT2D eigenvalue weighted by atomic mass is 10.1. The SMILES string of the molecule is CCn1c(Cc2ccccc2)nnc1S[C@@H](C)C(=O)Nc1ccccc1OC. The number of methoxy groups -OCH3 is 1. The Labute approximate surface area is 169 Å². The molecule has 0 aliphatic heterocycles. The first-order chi connectivity index (χ1) is 13.6. The van der Waals surface area contributed by atoms with E-state index in [-0.39, 0.29) is 11.2 Å². The zero-order valence-electron chi connectivity index (χ0n) is 16.3. The fourth-order valence-corrected chi connectivity index (χ4v) is 3.76. The van der Waals surface area contributed by atoms with Crippen LogP contribution < -0.4 is 10.1 Å². The van der Waals surface area contributed by atoms with Crippen LogP contribution in [0.4, 0.5) is 5.69 Å². The number of anilines is 1. The molecule has 0 aliphatic rings. The third-order valence-electron chi connectivity index (χ3n) is 4.33. The van der Waals surface area contributed by atoms with Crippen molar-refractivity contribution in [2.45, 2.75) is 37.2 Å². The zero-order chi connectivity index (χ0) is 19.9. The zero-order valence-corrected chi connectivity index (χ0v) is 17.1. The van der Waals surface area contributed by atoms with E-state index >= 15 is 0 Å². The second-order valence-electron chi connectivity index (χ2n) is 6.26. The number of benzene rings is 2. The normalized spacial score (nSPS) is 11.8. The topological polar surface area (TPSA) is 69.0 Å². The molecule has 2 aromatic carbocycles. The summed E-state index contributed by atoms with van der Waals surface area (Å²) >= 11 is 1.40. The number of para-hydroxylation sites is 2. The highest BCUT2D eigenvalue weighted by atomic mass is 32.2. The molecule has 0 aliphatic carbocycles. The molecule has 1 heterocycles. The van der Waals surface area contributed by atoms with Crippen molar-refractivity contribution in [1.29, 1.82) is 0 Å². The minimum absolute atomic E-state index is 0.107. The van der Waals surface area contributed by atoms with Gasteiger partial charge >= 0.3 is 0 Å². The minimum atomic E-state index is -0.330. The van der Waals surface area contributed by atoms with E-state index in [0.29, 0.717) is 17.9 Å². The predicted octanol–water partition coefficient (Wildman–Crippen LogP) is 4.02. The average molecular weight is 397 g/mol. The highest BCUT2D eigenvalue weighted by Gasteiger charge is 2.20. The number of nitrogens with one attached hydrogen (secondary N) is 1. The number of nitrogens with zero attached hydrogens (tertiary/aromatic N) is 3. The number of carbonyl (C=O) groups excluding carboxylic acids is 1. The summed E-state index contributed by atoms with van der Waals surface area (Å²) in [5.74, 6) is 1.42. The molecule has 146 valence electrons. The summed E-state index contributed by atoms with van der Waals surface area (Å²) in [5.41, 5.74) is 1.84. The van der Waals surface area contributed by atoms with Crippen LogP contribution in [0.1, 0.15) is 25.2 Å². The van der Waals surface area contributed by atoms with Gasteiger partial charge < -0.3 is 14.6 Å². The summed E-state index contributed by atoms with van der Waals surface area (Å²) in [6.07, 6.45) is 0.712. The predicted molar refractivity (Wildman–Crippen MR) is 112 cm³/mol. The molecule has 1 N–H and O–H groups in total. The quantitative estimate of drug-likeness (QED) is 0.583. The molecule has 6 nitrogen and oxygen atoms in total. The van der Waals surface area contributed by atoms with Gasteiger partial charge in [-0.2, -0.15) is 0 Å². The second-order valence-corrected chi connectivity index (χ2v) is 7.56. The molecule has 28 heavy (non-hydrogen) atoms. The van der Waals surface area contributed by atoms with Crippen molar-refractivity contribution in [3.8, 4) is 5.75 Å². The standard InChI is InChI=1S/C21H24N4O2S/c1-4-25-19(14-16-10-6-5-7-11-16)23-24-21(25)28-15(2)20(26)22-17-12-8-9-13-18(17)27-3/h5-13,15H,4,14H2,1-3H3,(H,22,26)/t15-/m0/s1. The third kappa shape index (κ3) is 4.72. The minimum Gasteiger partial charge on any atom is -0.495 e. The van der Waals surface area contributed by atoms with Crippen LogP contribution in [0, 0.1) is 0 Å². The Morgan fingerprint density at radius 1 is 1.14 bits per heavy atom. The number of hydrogen-bond donors (Lipinski definition) is 1. The van der Waals surface area contributed by atoms with Crippen LogP contribution in [-0.4, -0.2) is 33.0 Å². The Kier molecular flexibility index (Phi) is 6.71. The number of rotatable bonds is 8. The van der Waals surface area contributed by atoms with Crippen LogP contribution in [0.15, 0.2) is 59.8 Å². The van der Waals surface area contributed by atoms with Crippen molar-refractivity contribution in [2.24, 2.45) is 0 Å². The Morgan fingerprint density at radius 3 is 2.57 bits per heavy atom. The Hall–Kier alpha value is -2.80. The molecule has 0 radical (unpaired) electrons. The van der Waals surface area contributed by atoms with Crippen LogP contribution in [0.5, 0.6) is 5.75 Å². The molecule has 0 saturated heterocycles. The molecule has 0 spiro atoms. The van der Waals surface area contributed by atoms with Crippen LogP contribution in [0.25, 0.3) is 0 Å². The molecular formula is C21H24N4O2S. The Morgan fingerprint density at radius 2 is 1.86 bits per heavy atom. The van der Waals surface area contributed by atoms with Gasteiger partial charge in [0.25, 0.3) is 0 Å². The third-order valence-corrected chi connectivity index (χ3v) is 5.41. The molecule has 0 fully saturated rings. The first-order valence-electron chi connectivity index (χ1n) is 9.19. The van der Waals surface area contributed by atoms with Gasteiger partial charge in [0.15, 0.2) is 5.16 Å². The van der Waals surface area contributed by atoms with Crippen LogP contribution in [0.3, 0.4) is 0 Å². The van der Waals surface area contributed by atoms with E-state index in [9.17, 15) is 4.79 Å². The lowest BCUT2D eigenvalue weighted by molar-refractivity contribution is -0.115. The summed E-state index contributed by atoms with van der Waals surface area (Å²) in [6.45, 7) is 4.67. The van der Waals surface area contributed by atoms with Crippen molar-refractivity contribution in [3.05, 3.63) is 66.0 Å². The van der Waals surface area contributed by atoms with Gasteiger partial charge in [0, 0.05) is 13.0 Å². The van der Waals surface area contributed by atoms with E-state index in [4.69, 9.17) is 4.74 Å². The molecule has 1 amide bonds. The van der Waals surface area contributed by atoms with Crippen molar-refractivity contribution < 1.29 is 9.53 Å². The molecule has 7 heteroatoms. The van der Waals surface area contributed by atoms with Gasteiger partial charge in [0.2, 0.25) is 5.91 Å².